The lowest BCUT2D eigenvalue weighted by molar-refractivity contribution is -0.126. The zero-order valence-corrected chi connectivity index (χ0v) is 11.3. The monoisotopic (exact) mass is 261 g/mol. The van der Waals surface area contributed by atoms with Gasteiger partial charge in [-0.1, -0.05) is 30.3 Å². The Balaban J connectivity index is 1.85. The van der Waals surface area contributed by atoms with Crippen LogP contribution in [0.15, 0.2) is 30.3 Å². The summed E-state index contributed by atoms with van der Waals surface area (Å²) in [5, 5.41) is 2.90. The lowest BCUT2D eigenvalue weighted by atomic mass is 9.96. The first kappa shape index (κ1) is 14.0. The van der Waals surface area contributed by atoms with Crippen molar-refractivity contribution in [2.75, 3.05) is 26.2 Å². The first-order valence-electron chi connectivity index (χ1n) is 7.03. The molecule has 0 bridgehead atoms. The van der Waals surface area contributed by atoms with Gasteiger partial charge in [0, 0.05) is 26.2 Å². The highest BCUT2D eigenvalue weighted by atomic mass is 16.1. The van der Waals surface area contributed by atoms with Gasteiger partial charge in [-0.2, -0.15) is 0 Å². The van der Waals surface area contributed by atoms with Crippen molar-refractivity contribution < 1.29 is 4.79 Å². The number of nitrogens with two attached hydrogens (primary N) is 1. The molecule has 0 radical (unpaired) electrons. The summed E-state index contributed by atoms with van der Waals surface area (Å²) in [5.74, 6) is 0.271. The molecule has 1 fully saturated rings. The van der Waals surface area contributed by atoms with Crippen LogP contribution in [0.4, 0.5) is 0 Å². The fourth-order valence-electron chi connectivity index (χ4n) is 2.59. The largest absolute Gasteiger partial charge is 0.355 e. The van der Waals surface area contributed by atoms with Gasteiger partial charge in [0.05, 0.1) is 5.92 Å². The summed E-state index contributed by atoms with van der Waals surface area (Å²) in [4.78, 5) is 14.3. The summed E-state index contributed by atoms with van der Waals surface area (Å²) < 4.78 is 0. The topological polar surface area (TPSA) is 58.4 Å². The van der Waals surface area contributed by atoms with E-state index in [1.165, 1.54) is 5.56 Å². The Hall–Kier alpha value is -1.39. The molecule has 4 heteroatoms. The van der Waals surface area contributed by atoms with Crippen LogP contribution < -0.4 is 11.1 Å². The molecule has 4 nitrogen and oxygen atoms in total. The van der Waals surface area contributed by atoms with Gasteiger partial charge >= 0.3 is 0 Å². The van der Waals surface area contributed by atoms with E-state index in [9.17, 15) is 4.79 Å². The minimum atomic E-state index is 0.115. The molecule has 3 N–H and O–H groups in total. The molecule has 0 aromatic heterocycles. The van der Waals surface area contributed by atoms with Crippen molar-refractivity contribution >= 4 is 5.91 Å². The molecular formula is C15H23N3O. The quantitative estimate of drug-likeness (QED) is 0.830. The van der Waals surface area contributed by atoms with Gasteiger partial charge in [-0.15, -0.1) is 0 Å². The van der Waals surface area contributed by atoms with Crippen LogP contribution >= 0.6 is 0 Å². The minimum absolute atomic E-state index is 0.115. The molecule has 1 aliphatic heterocycles. The molecule has 1 unspecified atom stereocenters. The zero-order valence-electron chi connectivity index (χ0n) is 11.3. The number of benzene rings is 1. The van der Waals surface area contributed by atoms with Gasteiger partial charge in [0.15, 0.2) is 0 Å². The second-order valence-electron chi connectivity index (χ2n) is 5.14. The molecule has 1 aromatic rings. The van der Waals surface area contributed by atoms with Crippen molar-refractivity contribution in [3.8, 4) is 0 Å². The smallest absolute Gasteiger partial charge is 0.224 e. The van der Waals surface area contributed by atoms with Crippen molar-refractivity contribution in [3.05, 3.63) is 35.9 Å². The zero-order chi connectivity index (χ0) is 13.5. The molecular weight excluding hydrogens is 238 g/mol. The van der Waals surface area contributed by atoms with Crippen molar-refractivity contribution in [3.63, 3.8) is 0 Å². The van der Waals surface area contributed by atoms with Gasteiger partial charge in [0.2, 0.25) is 5.91 Å². The van der Waals surface area contributed by atoms with Crippen molar-refractivity contribution in [2.24, 2.45) is 11.7 Å². The summed E-state index contributed by atoms with van der Waals surface area (Å²) in [6, 6.07) is 10.4. The average molecular weight is 261 g/mol. The molecule has 0 spiro atoms. The second-order valence-corrected chi connectivity index (χ2v) is 5.14. The van der Waals surface area contributed by atoms with E-state index in [0.29, 0.717) is 13.1 Å². The molecule has 0 aliphatic carbocycles. The number of nitrogens with zero attached hydrogens (tertiary/aromatic N) is 1. The summed E-state index contributed by atoms with van der Waals surface area (Å²) in [6.45, 7) is 3.95. The third-order valence-corrected chi connectivity index (χ3v) is 3.57. The lowest BCUT2D eigenvalue weighted by Crippen LogP contribution is -2.43. The van der Waals surface area contributed by atoms with Crippen molar-refractivity contribution in [1.82, 2.24) is 10.2 Å². The van der Waals surface area contributed by atoms with Gasteiger partial charge in [-0.25, -0.2) is 0 Å². The maximum absolute atomic E-state index is 12.0. The van der Waals surface area contributed by atoms with Gasteiger partial charge < -0.3 is 11.1 Å². The summed E-state index contributed by atoms with van der Waals surface area (Å²) in [6.07, 6.45) is 2.08. The number of carbonyl (C=O) groups is 1. The van der Waals surface area contributed by atoms with E-state index >= 15 is 0 Å². The summed E-state index contributed by atoms with van der Waals surface area (Å²) >= 11 is 0. The fourth-order valence-corrected chi connectivity index (χ4v) is 2.59. The van der Waals surface area contributed by atoms with Crippen molar-refractivity contribution in [2.45, 2.75) is 19.4 Å². The lowest BCUT2D eigenvalue weighted by Gasteiger charge is -2.32. The second kappa shape index (κ2) is 7.26. The van der Waals surface area contributed by atoms with E-state index in [-0.39, 0.29) is 11.8 Å². The van der Waals surface area contributed by atoms with Gasteiger partial charge in [0.25, 0.3) is 0 Å². The Labute approximate surface area is 115 Å². The Bertz CT molecular complexity index is 394. The normalized spacial score (nSPS) is 20.2. The standard InChI is InChI=1S/C15H23N3O/c16-8-9-17-15(19)14-7-4-10-18(12-14)11-13-5-2-1-3-6-13/h1-3,5-6,14H,4,7-12,16H2,(H,17,19). The molecule has 1 aromatic carbocycles. The Kier molecular flexibility index (Phi) is 5.36. The van der Waals surface area contributed by atoms with E-state index in [2.05, 4.69) is 34.5 Å². The molecule has 1 saturated heterocycles. The summed E-state index contributed by atoms with van der Waals surface area (Å²) in [7, 11) is 0. The number of likely N-dealkylation sites (tertiary alicyclic amines) is 1. The third-order valence-electron chi connectivity index (χ3n) is 3.57. The molecule has 1 amide bonds. The average Bonchev–Trinajstić information content (AvgIpc) is 2.46. The molecule has 0 saturated carbocycles. The first-order valence-corrected chi connectivity index (χ1v) is 7.03. The highest BCUT2D eigenvalue weighted by molar-refractivity contribution is 5.78. The van der Waals surface area contributed by atoms with Gasteiger partial charge in [-0.05, 0) is 24.9 Å². The van der Waals surface area contributed by atoms with E-state index in [4.69, 9.17) is 5.73 Å². The highest BCUT2D eigenvalue weighted by Crippen LogP contribution is 2.18. The van der Waals surface area contributed by atoms with E-state index in [1.807, 2.05) is 6.07 Å². The van der Waals surface area contributed by atoms with Gasteiger partial charge in [-0.3, -0.25) is 9.69 Å². The van der Waals surface area contributed by atoms with Crippen molar-refractivity contribution in [1.29, 1.82) is 0 Å². The van der Waals surface area contributed by atoms with Crippen LogP contribution in [-0.2, 0) is 11.3 Å². The van der Waals surface area contributed by atoms with Crippen LogP contribution in [0.2, 0.25) is 0 Å². The maximum atomic E-state index is 12.0. The molecule has 1 aliphatic rings. The molecule has 19 heavy (non-hydrogen) atoms. The molecule has 104 valence electrons. The Morgan fingerprint density at radius 1 is 1.37 bits per heavy atom. The highest BCUT2D eigenvalue weighted by Gasteiger charge is 2.25. The number of nitrogens with one attached hydrogen (secondary N) is 1. The van der Waals surface area contributed by atoms with Crippen LogP contribution in [0.5, 0.6) is 0 Å². The Morgan fingerprint density at radius 2 is 2.16 bits per heavy atom. The maximum Gasteiger partial charge on any atom is 0.224 e. The van der Waals surface area contributed by atoms with Crippen LogP contribution in [0.25, 0.3) is 0 Å². The van der Waals surface area contributed by atoms with Gasteiger partial charge in [0.1, 0.15) is 0 Å². The van der Waals surface area contributed by atoms with E-state index in [1.54, 1.807) is 0 Å². The van der Waals surface area contributed by atoms with Crippen LogP contribution in [0.1, 0.15) is 18.4 Å². The number of rotatable bonds is 5. The number of hydrogen-bond donors (Lipinski definition) is 2. The predicted molar refractivity (Wildman–Crippen MR) is 76.5 cm³/mol. The van der Waals surface area contributed by atoms with Crippen LogP contribution in [-0.4, -0.2) is 37.0 Å². The molecule has 1 heterocycles. The minimum Gasteiger partial charge on any atom is -0.355 e. The van der Waals surface area contributed by atoms with Crippen LogP contribution in [0, 0.1) is 5.92 Å². The third kappa shape index (κ3) is 4.33. The number of carbonyl (C=O) groups excluding carboxylic acids is 1. The molecule has 2 rings (SSSR count). The fraction of sp³-hybridized carbons (Fsp3) is 0.533. The number of amides is 1. The SMILES string of the molecule is NCCNC(=O)C1CCCN(Cc2ccccc2)C1. The van der Waals surface area contributed by atoms with E-state index < -0.39 is 0 Å². The van der Waals surface area contributed by atoms with E-state index in [0.717, 1.165) is 32.5 Å². The number of hydrogen-bond acceptors (Lipinski definition) is 3. The predicted octanol–water partition coefficient (Wildman–Crippen LogP) is 0.974. The van der Waals surface area contributed by atoms with Crippen LogP contribution in [0.3, 0.4) is 0 Å². The number of piperidine rings is 1. The summed E-state index contributed by atoms with van der Waals surface area (Å²) in [5.41, 5.74) is 6.72. The first-order chi connectivity index (χ1) is 9.29. The molecule has 1 atom stereocenters. The Morgan fingerprint density at radius 3 is 2.89 bits per heavy atom.